The molecule has 3 aromatic rings. The van der Waals surface area contributed by atoms with Crippen molar-refractivity contribution in [1.29, 1.82) is 0 Å². The van der Waals surface area contributed by atoms with Gasteiger partial charge in [-0.2, -0.15) is 0 Å². The van der Waals surface area contributed by atoms with E-state index >= 15 is 0 Å². The lowest BCUT2D eigenvalue weighted by Crippen LogP contribution is -2.28. The van der Waals surface area contributed by atoms with Crippen LogP contribution in [0.1, 0.15) is 42.8 Å². The lowest BCUT2D eigenvalue weighted by atomic mass is 10.1. The summed E-state index contributed by atoms with van der Waals surface area (Å²) in [7, 11) is 0. The summed E-state index contributed by atoms with van der Waals surface area (Å²) in [6.07, 6.45) is 7.91. The van der Waals surface area contributed by atoms with Crippen LogP contribution < -0.4 is 0 Å². The molecule has 0 bridgehead atoms. The minimum Gasteiger partial charge on any atom is -0.299 e. The average Bonchev–Trinajstić information content (AvgIpc) is 3.36. The van der Waals surface area contributed by atoms with Crippen LogP contribution in [0.4, 0.5) is 0 Å². The monoisotopic (exact) mass is 359 g/mol. The topological polar surface area (TPSA) is 46.8 Å². The number of thiophene rings is 1. The SMILES string of the molecule is C[C@@H](c1nccs1)n1cc(-c2cc(CN3CCCCC3)cs2)nn1. The molecule has 0 aromatic carbocycles. The van der Waals surface area contributed by atoms with Gasteiger partial charge in [0, 0.05) is 18.1 Å². The summed E-state index contributed by atoms with van der Waals surface area (Å²) in [4.78, 5) is 8.12. The predicted molar refractivity (Wildman–Crippen MR) is 98.4 cm³/mol. The molecular formula is C17H21N5S2. The van der Waals surface area contributed by atoms with E-state index in [-0.39, 0.29) is 6.04 Å². The Morgan fingerprint density at radius 1 is 1.21 bits per heavy atom. The van der Waals surface area contributed by atoms with E-state index in [9.17, 15) is 0 Å². The van der Waals surface area contributed by atoms with Gasteiger partial charge >= 0.3 is 0 Å². The van der Waals surface area contributed by atoms with Crippen molar-refractivity contribution in [2.24, 2.45) is 0 Å². The summed E-state index contributed by atoms with van der Waals surface area (Å²) in [5.74, 6) is 0. The first-order chi connectivity index (χ1) is 11.8. The van der Waals surface area contributed by atoms with Crippen molar-refractivity contribution >= 4 is 22.7 Å². The number of nitrogens with zero attached hydrogens (tertiary/aromatic N) is 5. The molecular weight excluding hydrogens is 338 g/mol. The van der Waals surface area contributed by atoms with Crippen LogP contribution in [0.3, 0.4) is 0 Å². The Balaban J connectivity index is 1.46. The fourth-order valence-corrected chi connectivity index (χ4v) is 4.64. The summed E-state index contributed by atoms with van der Waals surface area (Å²) in [5.41, 5.74) is 2.34. The van der Waals surface area contributed by atoms with Crippen LogP contribution in [0, 0.1) is 0 Å². The Bertz CT molecular complexity index is 771. The van der Waals surface area contributed by atoms with Crippen molar-refractivity contribution in [3.05, 3.63) is 39.8 Å². The Hall–Kier alpha value is -1.57. The molecule has 0 saturated carbocycles. The highest BCUT2D eigenvalue weighted by Gasteiger charge is 2.16. The molecule has 5 nitrogen and oxygen atoms in total. The molecule has 4 heterocycles. The van der Waals surface area contributed by atoms with E-state index < -0.39 is 0 Å². The van der Waals surface area contributed by atoms with E-state index in [2.05, 4.69) is 38.6 Å². The minimum atomic E-state index is 0.124. The zero-order valence-corrected chi connectivity index (χ0v) is 15.4. The van der Waals surface area contributed by atoms with Crippen LogP contribution in [-0.2, 0) is 6.54 Å². The lowest BCUT2D eigenvalue weighted by Gasteiger charge is -2.25. The molecule has 0 unspecified atom stereocenters. The molecule has 1 saturated heterocycles. The summed E-state index contributed by atoms with van der Waals surface area (Å²) < 4.78 is 1.90. The highest BCUT2D eigenvalue weighted by atomic mass is 32.1. The van der Waals surface area contributed by atoms with Crippen LogP contribution >= 0.6 is 22.7 Å². The van der Waals surface area contributed by atoms with Gasteiger partial charge in [0.05, 0.1) is 11.1 Å². The summed E-state index contributed by atoms with van der Waals surface area (Å²) in [6.45, 7) is 5.62. The van der Waals surface area contributed by atoms with Crippen LogP contribution in [0.2, 0.25) is 0 Å². The molecule has 0 amide bonds. The Morgan fingerprint density at radius 3 is 2.88 bits per heavy atom. The predicted octanol–water partition coefficient (Wildman–Crippen LogP) is 4.06. The molecule has 1 atom stereocenters. The summed E-state index contributed by atoms with van der Waals surface area (Å²) in [6, 6.07) is 2.39. The van der Waals surface area contributed by atoms with E-state index in [1.54, 1.807) is 22.7 Å². The molecule has 3 aromatic heterocycles. The normalized spacial score (nSPS) is 17.2. The Labute approximate surface area is 150 Å². The number of likely N-dealkylation sites (tertiary alicyclic amines) is 1. The lowest BCUT2D eigenvalue weighted by molar-refractivity contribution is 0.221. The molecule has 1 fully saturated rings. The first-order valence-electron chi connectivity index (χ1n) is 8.41. The fourth-order valence-electron chi connectivity index (χ4n) is 3.10. The molecule has 126 valence electrons. The Kier molecular flexibility index (Phi) is 4.73. The highest BCUT2D eigenvalue weighted by Crippen LogP contribution is 2.28. The quantitative estimate of drug-likeness (QED) is 0.689. The maximum atomic E-state index is 4.37. The molecule has 0 aliphatic carbocycles. The summed E-state index contributed by atoms with van der Waals surface area (Å²) in [5, 5.41) is 14.0. The average molecular weight is 360 g/mol. The first kappa shape index (κ1) is 15.9. The van der Waals surface area contributed by atoms with Crippen molar-refractivity contribution in [2.45, 2.75) is 38.8 Å². The van der Waals surface area contributed by atoms with E-state index in [4.69, 9.17) is 0 Å². The van der Waals surface area contributed by atoms with Gasteiger partial charge in [0.1, 0.15) is 16.7 Å². The molecule has 4 rings (SSSR count). The number of aromatic nitrogens is 4. The van der Waals surface area contributed by atoms with Crippen molar-refractivity contribution in [2.75, 3.05) is 13.1 Å². The largest absolute Gasteiger partial charge is 0.299 e. The number of rotatable bonds is 5. The molecule has 0 spiro atoms. The third-order valence-corrected chi connectivity index (χ3v) is 6.42. The maximum absolute atomic E-state index is 4.37. The van der Waals surface area contributed by atoms with Gasteiger partial charge in [-0.15, -0.1) is 27.8 Å². The van der Waals surface area contributed by atoms with Crippen LogP contribution in [0.25, 0.3) is 10.6 Å². The van der Waals surface area contributed by atoms with Crippen LogP contribution in [-0.4, -0.2) is 38.0 Å². The Morgan fingerprint density at radius 2 is 2.08 bits per heavy atom. The molecule has 7 heteroatoms. The molecule has 24 heavy (non-hydrogen) atoms. The first-order valence-corrected chi connectivity index (χ1v) is 10.2. The second-order valence-electron chi connectivity index (χ2n) is 6.29. The second kappa shape index (κ2) is 7.13. The van der Waals surface area contributed by atoms with E-state index in [0.29, 0.717) is 0 Å². The number of piperidine rings is 1. The van der Waals surface area contributed by atoms with Gasteiger partial charge in [-0.3, -0.25) is 4.90 Å². The summed E-state index contributed by atoms with van der Waals surface area (Å²) >= 11 is 3.41. The molecule has 1 aliphatic heterocycles. The van der Waals surface area contributed by atoms with Crippen LogP contribution in [0.5, 0.6) is 0 Å². The number of hydrogen-bond donors (Lipinski definition) is 0. The molecule has 0 N–H and O–H groups in total. The maximum Gasteiger partial charge on any atom is 0.123 e. The van der Waals surface area contributed by atoms with Crippen molar-refractivity contribution < 1.29 is 0 Å². The smallest absolute Gasteiger partial charge is 0.123 e. The second-order valence-corrected chi connectivity index (χ2v) is 8.12. The van der Waals surface area contributed by atoms with Crippen LogP contribution in [0.15, 0.2) is 29.2 Å². The zero-order valence-electron chi connectivity index (χ0n) is 13.8. The highest BCUT2D eigenvalue weighted by molar-refractivity contribution is 7.13. The van der Waals surface area contributed by atoms with E-state index in [1.807, 2.05) is 22.5 Å². The third kappa shape index (κ3) is 3.43. The van der Waals surface area contributed by atoms with Gasteiger partial charge in [-0.25, -0.2) is 9.67 Å². The molecule has 0 radical (unpaired) electrons. The van der Waals surface area contributed by atoms with Gasteiger partial charge in [0.15, 0.2) is 0 Å². The van der Waals surface area contributed by atoms with Crippen molar-refractivity contribution in [1.82, 2.24) is 24.9 Å². The van der Waals surface area contributed by atoms with E-state index in [1.165, 1.54) is 42.8 Å². The standard InChI is InChI=1S/C17H21N5S2/c1-13(17-18-5-8-23-17)22-11-15(19-20-22)16-9-14(12-24-16)10-21-6-3-2-4-7-21/h5,8-9,11-13H,2-4,6-7,10H2,1H3/t13-/m0/s1. The fraction of sp³-hybridized carbons (Fsp3) is 0.471. The minimum absolute atomic E-state index is 0.124. The zero-order chi connectivity index (χ0) is 16.4. The number of hydrogen-bond acceptors (Lipinski definition) is 6. The van der Waals surface area contributed by atoms with Gasteiger partial charge in [-0.05, 0) is 49.9 Å². The van der Waals surface area contributed by atoms with E-state index in [0.717, 1.165) is 17.2 Å². The van der Waals surface area contributed by atoms with Gasteiger partial charge in [0.2, 0.25) is 0 Å². The number of thiazole rings is 1. The van der Waals surface area contributed by atoms with Gasteiger partial charge < -0.3 is 0 Å². The van der Waals surface area contributed by atoms with Crippen molar-refractivity contribution in [3.8, 4) is 10.6 Å². The van der Waals surface area contributed by atoms with Crippen molar-refractivity contribution in [3.63, 3.8) is 0 Å². The van der Waals surface area contributed by atoms with Gasteiger partial charge in [0.25, 0.3) is 0 Å². The van der Waals surface area contributed by atoms with Gasteiger partial charge in [-0.1, -0.05) is 11.6 Å². The molecule has 1 aliphatic rings. The third-order valence-electron chi connectivity index (χ3n) is 4.48.